The number of carbonyl (C=O) groups excluding carboxylic acids is 1. The monoisotopic (exact) mass is 561 g/mol. The Hall–Kier alpha value is -4.43. The zero-order valence-electron chi connectivity index (χ0n) is 21.5. The highest BCUT2D eigenvalue weighted by Crippen LogP contribution is 2.34. The number of amides is 1. The van der Waals surface area contributed by atoms with E-state index in [1.54, 1.807) is 4.72 Å². The van der Waals surface area contributed by atoms with Gasteiger partial charge < -0.3 is 0 Å². The smallest absolute Gasteiger partial charge is 0.269 e. The molecule has 0 aliphatic carbocycles. The number of halogens is 3. The van der Waals surface area contributed by atoms with E-state index < -0.39 is 32.6 Å². The lowest BCUT2D eigenvalue weighted by Crippen LogP contribution is -2.29. The molecule has 1 amide bonds. The number of rotatable bonds is 8. The number of benzene rings is 4. The van der Waals surface area contributed by atoms with E-state index in [-0.39, 0.29) is 0 Å². The molecule has 0 heterocycles. The standard InChI is InChI=1S/C32H26F3NO3S/c1-2-29(24-10-5-3-6-11-24)31(25-12-7-4-8-13-25)26-19-16-23(17-20-26)18-21-30(37)36-40(38,39)28-15-9-14-27(22-28)32(33,34)35/h3-22H,2H2,1H3,(H,36,37)/b21-18+,31-29-. The van der Waals surface area contributed by atoms with Gasteiger partial charge in [-0.2, -0.15) is 13.2 Å². The number of hydrogen-bond acceptors (Lipinski definition) is 3. The van der Waals surface area contributed by atoms with Crippen molar-refractivity contribution in [1.29, 1.82) is 0 Å². The SMILES string of the molecule is CC/C(=C(\c1ccccc1)c1ccc(/C=C/C(=O)NS(=O)(=O)c2cccc(C(F)(F)F)c2)cc1)c1ccccc1. The molecular formula is C32H26F3NO3S. The highest BCUT2D eigenvalue weighted by atomic mass is 32.2. The molecule has 0 saturated carbocycles. The Bertz CT molecular complexity index is 1640. The molecule has 0 bridgehead atoms. The fourth-order valence-electron chi connectivity index (χ4n) is 4.28. The lowest BCUT2D eigenvalue weighted by molar-refractivity contribution is -0.137. The molecule has 4 aromatic carbocycles. The van der Waals surface area contributed by atoms with Crippen LogP contribution in [0.1, 0.15) is 41.2 Å². The van der Waals surface area contributed by atoms with Crippen molar-refractivity contribution in [3.8, 4) is 0 Å². The van der Waals surface area contributed by atoms with Crippen LogP contribution in [0.15, 0.2) is 120 Å². The molecule has 4 rings (SSSR count). The Kier molecular flexibility index (Phi) is 8.70. The van der Waals surface area contributed by atoms with Crippen LogP contribution in [0.2, 0.25) is 0 Å². The zero-order valence-corrected chi connectivity index (χ0v) is 22.3. The third-order valence-electron chi connectivity index (χ3n) is 6.17. The predicted octanol–water partition coefficient (Wildman–Crippen LogP) is 7.59. The third kappa shape index (κ3) is 6.95. The van der Waals surface area contributed by atoms with Gasteiger partial charge in [0.1, 0.15) is 0 Å². The van der Waals surface area contributed by atoms with Gasteiger partial charge in [0.15, 0.2) is 0 Å². The van der Waals surface area contributed by atoms with Gasteiger partial charge in [-0.05, 0) is 64.1 Å². The highest BCUT2D eigenvalue weighted by Gasteiger charge is 2.31. The highest BCUT2D eigenvalue weighted by molar-refractivity contribution is 7.90. The van der Waals surface area contributed by atoms with Gasteiger partial charge in [0.05, 0.1) is 10.5 Å². The summed E-state index contributed by atoms with van der Waals surface area (Å²) >= 11 is 0. The first kappa shape index (κ1) is 28.6. The third-order valence-corrected chi connectivity index (χ3v) is 7.52. The Labute approximate surface area is 231 Å². The molecule has 0 fully saturated rings. The number of sulfonamides is 1. The van der Waals surface area contributed by atoms with Gasteiger partial charge in [0.25, 0.3) is 15.9 Å². The topological polar surface area (TPSA) is 63.2 Å². The van der Waals surface area contributed by atoms with Crippen molar-refractivity contribution < 1.29 is 26.4 Å². The van der Waals surface area contributed by atoms with Crippen LogP contribution in [0.5, 0.6) is 0 Å². The molecule has 0 aromatic heterocycles. The second-order valence-electron chi connectivity index (χ2n) is 8.89. The van der Waals surface area contributed by atoms with Crippen molar-refractivity contribution in [2.45, 2.75) is 24.4 Å². The molecule has 0 unspecified atom stereocenters. The van der Waals surface area contributed by atoms with Gasteiger partial charge in [0.2, 0.25) is 0 Å². The lowest BCUT2D eigenvalue weighted by Gasteiger charge is -2.16. The lowest BCUT2D eigenvalue weighted by atomic mass is 9.88. The molecule has 204 valence electrons. The average Bonchev–Trinajstić information content (AvgIpc) is 2.95. The van der Waals surface area contributed by atoms with E-state index in [0.717, 1.165) is 53.0 Å². The molecule has 0 atom stereocenters. The fourth-order valence-corrected chi connectivity index (χ4v) is 5.27. The maximum absolute atomic E-state index is 13.0. The molecule has 4 nitrogen and oxygen atoms in total. The van der Waals surface area contributed by atoms with Gasteiger partial charge in [-0.15, -0.1) is 0 Å². The zero-order chi connectivity index (χ0) is 28.8. The van der Waals surface area contributed by atoms with Crippen LogP contribution in [0.3, 0.4) is 0 Å². The molecular weight excluding hydrogens is 535 g/mol. The summed E-state index contributed by atoms with van der Waals surface area (Å²) < 4.78 is 65.6. The van der Waals surface area contributed by atoms with E-state index >= 15 is 0 Å². The largest absolute Gasteiger partial charge is 0.416 e. The van der Waals surface area contributed by atoms with E-state index in [9.17, 15) is 26.4 Å². The predicted molar refractivity (Wildman–Crippen MR) is 151 cm³/mol. The van der Waals surface area contributed by atoms with Crippen molar-refractivity contribution in [2.75, 3.05) is 0 Å². The molecule has 8 heteroatoms. The quantitative estimate of drug-likeness (QED) is 0.178. The van der Waals surface area contributed by atoms with Crippen LogP contribution in [0.4, 0.5) is 13.2 Å². The molecule has 40 heavy (non-hydrogen) atoms. The summed E-state index contributed by atoms with van der Waals surface area (Å²) in [7, 11) is -4.49. The first-order valence-electron chi connectivity index (χ1n) is 12.4. The minimum atomic E-state index is -4.71. The Morgan fingerprint density at radius 3 is 1.93 bits per heavy atom. The van der Waals surface area contributed by atoms with Crippen LogP contribution in [-0.4, -0.2) is 14.3 Å². The van der Waals surface area contributed by atoms with E-state index in [4.69, 9.17) is 0 Å². The number of carbonyl (C=O) groups is 1. The summed E-state index contributed by atoms with van der Waals surface area (Å²) in [6, 6.07) is 30.8. The second-order valence-corrected chi connectivity index (χ2v) is 10.6. The number of allylic oxidation sites excluding steroid dienone is 1. The molecule has 0 aliphatic rings. The molecule has 0 aliphatic heterocycles. The van der Waals surface area contributed by atoms with E-state index in [1.807, 2.05) is 60.7 Å². The molecule has 0 saturated heterocycles. The minimum Gasteiger partial charge on any atom is -0.269 e. The van der Waals surface area contributed by atoms with E-state index in [1.165, 1.54) is 11.6 Å². The maximum atomic E-state index is 13.0. The van der Waals surface area contributed by atoms with E-state index in [0.29, 0.717) is 11.6 Å². The van der Waals surface area contributed by atoms with Crippen LogP contribution in [0.25, 0.3) is 17.2 Å². The normalized spacial score (nSPS) is 12.7. The van der Waals surface area contributed by atoms with Gasteiger partial charge in [-0.25, -0.2) is 13.1 Å². The summed E-state index contributed by atoms with van der Waals surface area (Å²) in [5, 5.41) is 0. The summed E-state index contributed by atoms with van der Waals surface area (Å²) in [5.74, 6) is -0.983. The van der Waals surface area contributed by atoms with Crippen molar-refractivity contribution in [3.63, 3.8) is 0 Å². The summed E-state index contributed by atoms with van der Waals surface area (Å²) in [4.78, 5) is 11.7. The summed E-state index contributed by atoms with van der Waals surface area (Å²) in [5.41, 5.74) is 4.92. The molecule has 1 N–H and O–H groups in total. The second kappa shape index (κ2) is 12.2. The van der Waals surface area contributed by atoms with Crippen molar-refractivity contribution in [3.05, 3.63) is 143 Å². The first-order chi connectivity index (χ1) is 19.1. The van der Waals surface area contributed by atoms with Crippen LogP contribution in [-0.2, 0) is 21.0 Å². The molecule has 4 aromatic rings. The van der Waals surface area contributed by atoms with Gasteiger partial charge in [-0.3, -0.25) is 4.79 Å². The number of alkyl halides is 3. The molecule has 0 radical (unpaired) electrons. The maximum Gasteiger partial charge on any atom is 0.416 e. The van der Waals surface area contributed by atoms with Crippen molar-refractivity contribution >= 4 is 33.2 Å². The Morgan fingerprint density at radius 1 is 0.775 bits per heavy atom. The van der Waals surface area contributed by atoms with Crippen molar-refractivity contribution in [2.24, 2.45) is 0 Å². The Balaban J connectivity index is 1.57. The first-order valence-corrected chi connectivity index (χ1v) is 13.9. The minimum absolute atomic E-state index is 0.482. The molecule has 0 spiro atoms. The summed E-state index contributed by atoms with van der Waals surface area (Å²) in [6.45, 7) is 2.11. The van der Waals surface area contributed by atoms with Crippen LogP contribution in [0, 0.1) is 0 Å². The van der Waals surface area contributed by atoms with Crippen molar-refractivity contribution in [1.82, 2.24) is 4.72 Å². The van der Waals surface area contributed by atoms with Crippen LogP contribution < -0.4 is 4.72 Å². The van der Waals surface area contributed by atoms with Gasteiger partial charge >= 0.3 is 6.18 Å². The van der Waals surface area contributed by atoms with E-state index in [2.05, 4.69) is 31.2 Å². The van der Waals surface area contributed by atoms with Gasteiger partial charge in [0, 0.05) is 6.08 Å². The number of nitrogens with one attached hydrogen (secondary N) is 1. The summed E-state index contributed by atoms with van der Waals surface area (Å²) in [6.07, 6.45) is -1.45. The number of hydrogen-bond donors (Lipinski definition) is 1. The average molecular weight is 562 g/mol. The van der Waals surface area contributed by atoms with Crippen LogP contribution >= 0.6 is 0 Å². The Morgan fingerprint density at radius 2 is 1.35 bits per heavy atom. The fraction of sp³-hybridized carbons (Fsp3) is 0.0938. The van der Waals surface area contributed by atoms with Gasteiger partial charge in [-0.1, -0.05) is 97.9 Å².